The number of quaternary nitrogens is 1. The van der Waals surface area contributed by atoms with Crippen molar-refractivity contribution in [1.82, 2.24) is 0 Å². The molecule has 0 bridgehead atoms. The fraction of sp³-hybridized carbons (Fsp3) is 0.571. The van der Waals surface area contributed by atoms with Crippen molar-refractivity contribution in [2.75, 3.05) is 26.2 Å². The predicted octanol–water partition coefficient (Wildman–Crippen LogP) is 2.10. The first kappa shape index (κ1) is 12.7. The maximum absolute atomic E-state index is 5.91. The van der Waals surface area contributed by atoms with Crippen LogP contribution in [-0.4, -0.2) is 26.2 Å². The zero-order chi connectivity index (χ0) is 12.1. The minimum atomic E-state index is 0.774. The minimum absolute atomic E-state index is 0.774. The topological polar surface area (TPSA) is 13.7 Å². The number of aryl methyl sites for hydroxylation is 1. The van der Waals surface area contributed by atoms with Crippen LogP contribution in [0.4, 0.5) is 0 Å². The summed E-state index contributed by atoms with van der Waals surface area (Å²) in [6.07, 6.45) is 3.93. The van der Waals surface area contributed by atoms with E-state index in [9.17, 15) is 0 Å². The van der Waals surface area contributed by atoms with Gasteiger partial charge in [0.25, 0.3) is 0 Å². The van der Waals surface area contributed by atoms with E-state index in [1.165, 1.54) is 32.5 Å². The van der Waals surface area contributed by atoms with Crippen LogP contribution in [0.1, 0.15) is 24.8 Å². The van der Waals surface area contributed by atoms with Crippen molar-refractivity contribution in [3.05, 3.63) is 28.8 Å². The third kappa shape index (κ3) is 3.90. The molecule has 1 aromatic carbocycles. The highest BCUT2D eigenvalue weighted by Crippen LogP contribution is 2.21. The molecular weight excluding hydrogens is 234 g/mol. The van der Waals surface area contributed by atoms with Gasteiger partial charge in [0.05, 0.1) is 26.2 Å². The van der Waals surface area contributed by atoms with Crippen LogP contribution in [0.15, 0.2) is 18.2 Å². The Bertz CT molecular complexity index is 361. The Kier molecular flexibility index (Phi) is 4.69. The summed E-state index contributed by atoms with van der Waals surface area (Å²) in [7, 11) is 0. The zero-order valence-corrected chi connectivity index (χ0v) is 11.2. The molecule has 2 rings (SSSR count). The Morgan fingerprint density at radius 3 is 2.76 bits per heavy atom. The predicted molar refractivity (Wildman–Crippen MR) is 71.1 cm³/mol. The molecule has 1 aliphatic heterocycles. The van der Waals surface area contributed by atoms with E-state index in [0.717, 1.165) is 29.4 Å². The molecular formula is C14H21ClNO+. The smallest absolute Gasteiger partial charge is 0.122 e. The Balaban J connectivity index is 1.70. The van der Waals surface area contributed by atoms with Gasteiger partial charge in [0.15, 0.2) is 0 Å². The van der Waals surface area contributed by atoms with E-state index in [0.29, 0.717) is 0 Å². The van der Waals surface area contributed by atoms with Crippen LogP contribution in [0.5, 0.6) is 5.75 Å². The minimum Gasteiger partial charge on any atom is -0.493 e. The number of benzene rings is 1. The van der Waals surface area contributed by atoms with Gasteiger partial charge in [-0.15, -0.1) is 0 Å². The summed E-state index contributed by atoms with van der Waals surface area (Å²) in [6.45, 7) is 6.78. The molecule has 1 saturated heterocycles. The number of rotatable bonds is 5. The van der Waals surface area contributed by atoms with Gasteiger partial charge in [-0.05, 0) is 30.7 Å². The van der Waals surface area contributed by atoms with E-state index < -0.39 is 0 Å². The van der Waals surface area contributed by atoms with Gasteiger partial charge in [0, 0.05) is 24.3 Å². The van der Waals surface area contributed by atoms with Crippen LogP contribution in [0, 0.1) is 6.92 Å². The molecule has 17 heavy (non-hydrogen) atoms. The average molecular weight is 255 g/mol. The number of hydrogen-bond donors (Lipinski definition) is 1. The normalized spacial score (nSPS) is 16.4. The van der Waals surface area contributed by atoms with Gasteiger partial charge in [0.1, 0.15) is 5.75 Å². The number of ether oxygens (including phenoxy) is 1. The van der Waals surface area contributed by atoms with E-state index in [2.05, 4.69) is 0 Å². The lowest BCUT2D eigenvalue weighted by molar-refractivity contribution is -0.887. The number of likely N-dealkylation sites (tertiary alicyclic amines) is 1. The van der Waals surface area contributed by atoms with Gasteiger partial charge >= 0.3 is 0 Å². The van der Waals surface area contributed by atoms with E-state index in [1.807, 2.05) is 25.1 Å². The molecule has 3 heteroatoms. The maximum Gasteiger partial charge on any atom is 0.122 e. The van der Waals surface area contributed by atoms with Crippen molar-refractivity contribution in [2.45, 2.75) is 26.2 Å². The highest BCUT2D eigenvalue weighted by Gasteiger charge is 2.14. The molecule has 1 N–H and O–H groups in total. The molecule has 1 aliphatic rings. The first-order chi connectivity index (χ1) is 8.25. The van der Waals surface area contributed by atoms with E-state index in [1.54, 1.807) is 4.90 Å². The molecule has 94 valence electrons. The van der Waals surface area contributed by atoms with Crippen LogP contribution in [0.25, 0.3) is 0 Å². The third-order valence-corrected chi connectivity index (χ3v) is 3.61. The SMILES string of the molecule is Cc1cc(Cl)ccc1OCCC[NH+]1CCCC1. The Morgan fingerprint density at radius 2 is 2.06 bits per heavy atom. The highest BCUT2D eigenvalue weighted by atomic mass is 35.5. The summed E-state index contributed by atoms with van der Waals surface area (Å²) in [6, 6.07) is 5.79. The van der Waals surface area contributed by atoms with Crippen LogP contribution in [-0.2, 0) is 0 Å². The molecule has 0 atom stereocenters. The Morgan fingerprint density at radius 1 is 1.29 bits per heavy atom. The highest BCUT2D eigenvalue weighted by molar-refractivity contribution is 6.30. The molecule has 2 nitrogen and oxygen atoms in total. The molecule has 1 heterocycles. The summed E-state index contributed by atoms with van der Waals surface area (Å²) < 4.78 is 5.78. The Labute approximate surface area is 109 Å². The summed E-state index contributed by atoms with van der Waals surface area (Å²) in [5.74, 6) is 0.964. The van der Waals surface area contributed by atoms with Crippen molar-refractivity contribution in [2.24, 2.45) is 0 Å². The summed E-state index contributed by atoms with van der Waals surface area (Å²) in [5.41, 5.74) is 1.12. The Hall–Kier alpha value is -0.730. The van der Waals surface area contributed by atoms with Crippen LogP contribution in [0.3, 0.4) is 0 Å². The van der Waals surface area contributed by atoms with Crippen molar-refractivity contribution in [1.29, 1.82) is 0 Å². The second-order valence-corrected chi connectivity index (χ2v) is 5.26. The van der Waals surface area contributed by atoms with Crippen molar-refractivity contribution < 1.29 is 9.64 Å². The molecule has 0 amide bonds. The number of nitrogens with one attached hydrogen (secondary N) is 1. The van der Waals surface area contributed by atoms with Gasteiger partial charge in [0.2, 0.25) is 0 Å². The van der Waals surface area contributed by atoms with Gasteiger partial charge in [-0.25, -0.2) is 0 Å². The second kappa shape index (κ2) is 6.27. The van der Waals surface area contributed by atoms with Crippen LogP contribution < -0.4 is 9.64 Å². The molecule has 0 spiro atoms. The fourth-order valence-corrected chi connectivity index (χ4v) is 2.63. The van der Waals surface area contributed by atoms with Crippen molar-refractivity contribution in [3.8, 4) is 5.75 Å². The van der Waals surface area contributed by atoms with E-state index >= 15 is 0 Å². The molecule has 0 radical (unpaired) electrons. The second-order valence-electron chi connectivity index (χ2n) is 4.82. The first-order valence-electron chi connectivity index (χ1n) is 6.48. The third-order valence-electron chi connectivity index (χ3n) is 3.38. The summed E-state index contributed by atoms with van der Waals surface area (Å²) in [5, 5.41) is 0.774. The molecule has 1 fully saturated rings. The van der Waals surface area contributed by atoms with Crippen molar-refractivity contribution in [3.63, 3.8) is 0 Å². The van der Waals surface area contributed by atoms with E-state index in [4.69, 9.17) is 16.3 Å². The van der Waals surface area contributed by atoms with Gasteiger partial charge < -0.3 is 9.64 Å². The summed E-state index contributed by atoms with van der Waals surface area (Å²) >= 11 is 5.91. The maximum atomic E-state index is 5.91. The zero-order valence-electron chi connectivity index (χ0n) is 10.5. The number of halogens is 1. The molecule has 0 aromatic heterocycles. The molecule has 0 unspecified atom stereocenters. The monoisotopic (exact) mass is 254 g/mol. The lowest BCUT2D eigenvalue weighted by Gasteiger charge is -2.13. The molecule has 0 aliphatic carbocycles. The quantitative estimate of drug-likeness (QED) is 0.795. The summed E-state index contributed by atoms with van der Waals surface area (Å²) in [4.78, 5) is 1.74. The standard InChI is InChI=1S/C14H20ClNO/c1-12-11-13(15)5-6-14(12)17-10-4-9-16-7-2-3-8-16/h5-6,11H,2-4,7-10H2,1H3/p+1. The van der Waals surface area contributed by atoms with Crippen molar-refractivity contribution >= 4 is 11.6 Å². The van der Waals surface area contributed by atoms with Gasteiger partial charge in [-0.1, -0.05) is 11.6 Å². The van der Waals surface area contributed by atoms with Gasteiger partial charge in [-0.3, -0.25) is 0 Å². The molecule has 1 aromatic rings. The average Bonchev–Trinajstić information content (AvgIpc) is 2.79. The van der Waals surface area contributed by atoms with Crippen LogP contribution in [0.2, 0.25) is 5.02 Å². The number of hydrogen-bond acceptors (Lipinski definition) is 1. The lowest BCUT2D eigenvalue weighted by atomic mass is 10.2. The van der Waals surface area contributed by atoms with Gasteiger partial charge in [-0.2, -0.15) is 0 Å². The van der Waals surface area contributed by atoms with E-state index in [-0.39, 0.29) is 0 Å². The first-order valence-corrected chi connectivity index (χ1v) is 6.86. The lowest BCUT2D eigenvalue weighted by Crippen LogP contribution is -3.10. The molecule has 0 saturated carbocycles. The van der Waals surface area contributed by atoms with Crippen LogP contribution >= 0.6 is 11.6 Å². The largest absolute Gasteiger partial charge is 0.493 e. The fourth-order valence-electron chi connectivity index (χ4n) is 2.40.